The van der Waals surface area contributed by atoms with Crippen LogP contribution in [0.15, 0.2) is 6.20 Å². The zero-order valence-corrected chi connectivity index (χ0v) is 10.4. The number of rotatable bonds is 7. The SMILES string of the molecule is Nc1ncc(Cl)c(NCCCOCC2CC2)n1. The van der Waals surface area contributed by atoms with Gasteiger partial charge in [0, 0.05) is 19.8 Å². The van der Waals surface area contributed by atoms with E-state index in [2.05, 4.69) is 15.3 Å². The van der Waals surface area contributed by atoms with Gasteiger partial charge in [-0.3, -0.25) is 0 Å². The van der Waals surface area contributed by atoms with E-state index in [1.165, 1.54) is 19.0 Å². The average Bonchev–Trinajstić information content (AvgIpc) is 3.11. The van der Waals surface area contributed by atoms with Gasteiger partial charge in [-0.1, -0.05) is 11.6 Å². The van der Waals surface area contributed by atoms with Crippen molar-refractivity contribution >= 4 is 23.4 Å². The Kier molecular flexibility index (Phi) is 4.39. The molecule has 5 nitrogen and oxygen atoms in total. The molecule has 1 aromatic rings. The van der Waals surface area contributed by atoms with E-state index in [9.17, 15) is 0 Å². The topological polar surface area (TPSA) is 73.1 Å². The molecule has 0 amide bonds. The lowest BCUT2D eigenvalue weighted by atomic mass is 10.4. The minimum atomic E-state index is 0.224. The molecule has 1 aromatic heterocycles. The number of anilines is 2. The number of hydrogen-bond donors (Lipinski definition) is 2. The largest absolute Gasteiger partial charge is 0.381 e. The zero-order chi connectivity index (χ0) is 12.1. The monoisotopic (exact) mass is 256 g/mol. The van der Waals surface area contributed by atoms with Crippen molar-refractivity contribution in [1.82, 2.24) is 9.97 Å². The number of halogens is 1. The van der Waals surface area contributed by atoms with Crippen LogP contribution in [0.4, 0.5) is 11.8 Å². The van der Waals surface area contributed by atoms with E-state index >= 15 is 0 Å². The van der Waals surface area contributed by atoms with Crippen molar-refractivity contribution in [2.24, 2.45) is 5.92 Å². The molecule has 0 aromatic carbocycles. The number of nitrogens with two attached hydrogens (primary N) is 1. The van der Waals surface area contributed by atoms with Crippen LogP contribution in [0.25, 0.3) is 0 Å². The van der Waals surface area contributed by atoms with Gasteiger partial charge in [-0.05, 0) is 25.2 Å². The van der Waals surface area contributed by atoms with Crippen LogP contribution >= 0.6 is 11.6 Å². The Balaban J connectivity index is 1.61. The molecule has 94 valence electrons. The summed E-state index contributed by atoms with van der Waals surface area (Å²) in [5.74, 6) is 1.63. The van der Waals surface area contributed by atoms with Gasteiger partial charge in [0.25, 0.3) is 0 Å². The van der Waals surface area contributed by atoms with Crippen molar-refractivity contribution in [3.8, 4) is 0 Å². The summed E-state index contributed by atoms with van der Waals surface area (Å²) >= 11 is 5.91. The summed E-state index contributed by atoms with van der Waals surface area (Å²) in [4.78, 5) is 7.80. The van der Waals surface area contributed by atoms with E-state index in [-0.39, 0.29) is 5.95 Å². The molecular formula is C11H17ClN4O. The maximum absolute atomic E-state index is 5.91. The van der Waals surface area contributed by atoms with Crippen molar-refractivity contribution in [2.45, 2.75) is 19.3 Å². The summed E-state index contributed by atoms with van der Waals surface area (Å²) < 4.78 is 5.52. The highest BCUT2D eigenvalue weighted by Crippen LogP contribution is 2.28. The standard InChI is InChI=1S/C11H17ClN4O/c12-9-6-15-11(13)16-10(9)14-4-1-5-17-7-8-2-3-8/h6,8H,1-5,7H2,(H3,13,14,15,16). The fourth-order valence-corrected chi connectivity index (χ4v) is 1.58. The van der Waals surface area contributed by atoms with E-state index in [0.717, 1.165) is 32.1 Å². The van der Waals surface area contributed by atoms with Crippen LogP contribution in [0.5, 0.6) is 0 Å². The van der Waals surface area contributed by atoms with Crippen LogP contribution in [-0.2, 0) is 4.74 Å². The first-order valence-electron chi connectivity index (χ1n) is 5.85. The summed E-state index contributed by atoms with van der Waals surface area (Å²) in [6, 6.07) is 0. The van der Waals surface area contributed by atoms with Crippen molar-refractivity contribution in [2.75, 3.05) is 30.8 Å². The number of hydrogen-bond acceptors (Lipinski definition) is 5. The Morgan fingerprint density at radius 2 is 2.35 bits per heavy atom. The summed E-state index contributed by atoms with van der Waals surface area (Å²) in [6.07, 6.45) is 5.07. The average molecular weight is 257 g/mol. The smallest absolute Gasteiger partial charge is 0.222 e. The molecule has 1 heterocycles. The first-order chi connectivity index (χ1) is 8.25. The molecule has 1 aliphatic carbocycles. The molecule has 0 unspecified atom stereocenters. The number of ether oxygens (including phenoxy) is 1. The predicted octanol–water partition coefficient (Wildman–Crippen LogP) is 1.94. The molecule has 0 aliphatic heterocycles. The van der Waals surface area contributed by atoms with Crippen molar-refractivity contribution in [3.63, 3.8) is 0 Å². The Morgan fingerprint density at radius 3 is 3.12 bits per heavy atom. The van der Waals surface area contributed by atoms with Crippen molar-refractivity contribution in [1.29, 1.82) is 0 Å². The van der Waals surface area contributed by atoms with Gasteiger partial charge in [-0.25, -0.2) is 4.98 Å². The van der Waals surface area contributed by atoms with E-state index in [1.54, 1.807) is 0 Å². The number of nitrogen functional groups attached to an aromatic ring is 1. The van der Waals surface area contributed by atoms with E-state index < -0.39 is 0 Å². The maximum Gasteiger partial charge on any atom is 0.222 e. The highest BCUT2D eigenvalue weighted by atomic mass is 35.5. The molecule has 1 saturated carbocycles. The lowest BCUT2D eigenvalue weighted by Gasteiger charge is -2.07. The molecule has 0 bridgehead atoms. The number of aromatic nitrogens is 2. The molecule has 0 spiro atoms. The molecule has 0 radical (unpaired) electrons. The Labute approximate surface area is 106 Å². The van der Waals surface area contributed by atoms with Crippen LogP contribution < -0.4 is 11.1 Å². The Bertz CT molecular complexity index is 370. The van der Waals surface area contributed by atoms with Crippen LogP contribution in [0.3, 0.4) is 0 Å². The molecule has 3 N–H and O–H groups in total. The predicted molar refractivity (Wildman–Crippen MR) is 68.1 cm³/mol. The lowest BCUT2D eigenvalue weighted by Crippen LogP contribution is -2.09. The Hall–Kier alpha value is -1.07. The second kappa shape index (κ2) is 6.02. The fourth-order valence-electron chi connectivity index (χ4n) is 1.42. The highest BCUT2D eigenvalue weighted by Gasteiger charge is 2.20. The summed E-state index contributed by atoms with van der Waals surface area (Å²) in [5.41, 5.74) is 5.47. The molecule has 2 rings (SSSR count). The van der Waals surface area contributed by atoms with Gasteiger partial charge < -0.3 is 15.8 Å². The van der Waals surface area contributed by atoms with Crippen LogP contribution in [-0.4, -0.2) is 29.7 Å². The molecule has 6 heteroatoms. The summed E-state index contributed by atoms with van der Waals surface area (Å²) in [5, 5.41) is 3.60. The Morgan fingerprint density at radius 1 is 1.53 bits per heavy atom. The lowest BCUT2D eigenvalue weighted by molar-refractivity contribution is 0.124. The van der Waals surface area contributed by atoms with E-state index in [4.69, 9.17) is 22.1 Å². The van der Waals surface area contributed by atoms with Gasteiger partial charge in [0.15, 0.2) is 0 Å². The molecular weight excluding hydrogens is 240 g/mol. The molecule has 0 atom stereocenters. The fraction of sp³-hybridized carbons (Fsp3) is 0.636. The minimum Gasteiger partial charge on any atom is -0.381 e. The molecule has 17 heavy (non-hydrogen) atoms. The van der Waals surface area contributed by atoms with Crippen LogP contribution in [0.2, 0.25) is 5.02 Å². The quantitative estimate of drug-likeness (QED) is 0.730. The zero-order valence-electron chi connectivity index (χ0n) is 9.66. The van der Waals surface area contributed by atoms with Crippen molar-refractivity contribution < 1.29 is 4.74 Å². The van der Waals surface area contributed by atoms with Crippen molar-refractivity contribution in [3.05, 3.63) is 11.2 Å². The maximum atomic E-state index is 5.91. The van der Waals surface area contributed by atoms with Gasteiger partial charge in [-0.15, -0.1) is 0 Å². The van der Waals surface area contributed by atoms with Crippen LogP contribution in [0, 0.1) is 5.92 Å². The summed E-state index contributed by atoms with van der Waals surface area (Å²) in [7, 11) is 0. The molecule has 1 aliphatic rings. The normalized spacial score (nSPS) is 14.9. The van der Waals surface area contributed by atoms with Crippen LogP contribution in [0.1, 0.15) is 19.3 Å². The third kappa shape index (κ3) is 4.36. The number of nitrogens with one attached hydrogen (secondary N) is 1. The van der Waals surface area contributed by atoms with E-state index in [1.807, 2.05) is 0 Å². The van der Waals surface area contributed by atoms with Gasteiger partial charge in [0.05, 0.1) is 6.20 Å². The molecule has 0 saturated heterocycles. The third-order valence-corrected chi connectivity index (χ3v) is 2.85. The van der Waals surface area contributed by atoms with E-state index in [0.29, 0.717) is 10.8 Å². The first-order valence-corrected chi connectivity index (χ1v) is 6.23. The van der Waals surface area contributed by atoms with Gasteiger partial charge >= 0.3 is 0 Å². The minimum absolute atomic E-state index is 0.224. The number of nitrogens with zero attached hydrogens (tertiary/aromatic N) is 2. The molecule has 1 fully saturated rings. The first kappa shape index (κ1) is 12.4. The van der Waals surface area contributed by atoms with Gasteiger partial charge in [-0.2, -0.15) is 4.98 Å². The summed E-state index contributed by atoms with van der Waals surface area (Å²) in [6.45, 7) is 2.43. The van der Waals surface area contributed by atoms with Gasteiger partial charge in [0.1, 0.15) is 10.8 Å². The third-order valence-electron chi connectivity index (χ3n) is 2.57. The van der Waals surface area contributed by atoms with Gasteiger partial charge in [0.2, 0.25) is 5.95 Å². The second-order valence-corrected chi connectivity index (χ2v) is 4.63. The second-order valence-electron chi connectivity index (χ2n) is 4.22. The highest BCUT2D eigenvalue weighted by molar-refractivity contribution is 6.32.